The predicted molar refractivity (Wildman–Crippen MR) is 66.6 cm³/mol. The predicted octanol–water partition coefficient (Wildman–Crippen LogP) is 2.76. The summed E-state index contributed by atoms with van der Waals surface area (Å²) in [7, 11) is 2.00. The van der Waals surface area contributed by atoms with Gasteiger partial charge in [-0.1, -0.05) is 6.07 Å². The normalized spacial score (nSPS) is 11.1. The van der Waals surface area contributed by atoms with Gasteiger partial charge >= 0.3 is 0 Å². The molecule has 0 aliphatic heterocycles. The van der Waals surface area contributed by atoms with Crippen molar-refractivity contribution in [2.75, 3.05) is 13.6 Å². The Hall–Kier alpha value is -0.930. The molecule has 2 rings (SSSR count). The molecular formula is C12H16N2S. The molecule has 0 unspecified atom stereocenters. The maximum absolute atomic E-state index is 4.46. The highest BCUT2D eigenvalue weighted by Gasteiger charge is 2.01. The van der Waals surface area contributed by atoms with Crippen molar-refractivity contribution < 1.29 is 0 Å². The van der Waals surface area contributed by atoms with E-state index in [0.717, 1.165) is 23.5 Å². The highest BCUT2D eigenvalue weighted by Crippen LogP contribution is 2.22. The molecule has 0 bridgehead atoms. The third-order valence-electron chi connectivity index (χ3n) is 2.45. The molecule has 0 saturated heterocycles. The fraction of sp³-hybridized carbons (Fsp3) is 0.417. The van der Waals surface area contributed by atoms with Gasteiger partial charge in [-0.05, 0) is 51.1 Å². The van der Waals surface area contributed by atoms with Gasteiger partial charge in [0.15, 0.2) is 0 Å². The van der Waals surface area contributed by atoms with Crippen molar-refractivity contribution in [3.8, 4) is 0 Å². The van der Waals surface area contributed by atoms with Crippen LogP contribution in [0.15, 0.2) is 18.2 Å². The molecule has 1 heterocycles. The lowest BCUT2D eigenvalue weighted by Crippen LogP contribution is -2.08. The van der Waals surface area contributed by atoms with E-state index in [4.69, 9.17) is 0 Å². The van der Waals surface area contributed by atoms with Gasteiger partial charge in [0.05, 0.1) is 15.2 Å². The van der Waals surface area contributed by atoms with E-state index in [2.05, 4.69) is 35.4 Å². The molecule has 0 fully saturated rings. The average molecular weight is 220 g/mol. The average Bonchev–Trinajstić information content (AvgIpc) is 2.57. The molecular weight excluding hydrogens is 204 g/mol. The quantitative estimate of drug-likeness (QED) is 0.801. The molecule has 80 valence electrons. The van der Waals surface area contributed by atoms with E-state index in [-0.39, 0.29) is 0 Å². The van der Waals surface area contributed by atoms with Crippen LogP contribution in [0.4, 0.5) is 0 Å². The van der Waals surface area contributed by atoms with Gasteiger partial charge in [-0.25, -0.2) is 4.98 Å². The second-order valence-electron chi connectivity index (χ2n) is 3.74. The van der Waals surface area contributed by atoms with Crippen LogP contribution in [0.1, 0.15) is 17.0 Å². The minimum atomic E-state index is 1.08. The zero-order valence-corrected chi connectivity index (χ0v) is 10.0. The minimum Gasteiger partial charge on any atom is -0.320 e. The lowest BCUT2D eigenvalue weighted by molar-refractivity contribution is 0.725. The number of aryl methyl sites for hydroxylation is 2. The Labute approximate surface area is 94.3 Å². The van der Waals surface area contributed by atoms with E-state index in [1.165, 1.54) is 16.7 Å². The number of aromatic nitrogens is 1. The Morgan fingerprint density at radius 2 is 2.27 bits per heavy atom. The number of hydrogen-bond acceptors (Lipinski definition) is 3. The van der Waals surface area contributed by atoms with Gasteiger partial charge in [-0.15, -0.1) is 11.3 Å². The van der Waals surface area contributed by atoms with Crippen molar-refractivity contribution in [3.05, 3.63) is 28.8 Å². The molecule has 1 N–H and O–H groups in total. The van der Waals surface area contributed by atoms with Gasteiger partial charge in [0, 0.05) is 0 Å². The SMILES string of the molecule is CNCCCc1ccc2nc(C)sc2c1. The van der Waals surface area contributed by atoms with Gasteiger partial charge in [0.25, 0.3) is 0 Å². The lowest BCUT2D eigenvalue weighted by atomic mass is 10.1. The van der Waals surface area contributed by atoms with Crippen LogP contribution >= 0.6 is 11.3 Å². The third kappa shape index (κ3) is 2.55. The number of fused-ring (bicyclic) bond motifs is 1. The van der Waals surface area contributed by atoms with E-state index in [0.29, 0.717) is 0 Å². The summed E-state index contributed by atoms with van der Waals surface area (Å²) in [6, 6.07) is 6.60. The number of nitrogens with zero attached hydrogens (tertiary/aromatic N) is 1. The van der Waals surface area contributed by atoms with Crippen molar-refractivity contribution in [2.45, 2.75) is 19.8 Å². The molecule has 1 aromatic carbocycles. The summed E-state index contributed by atoms with van der Waals surface area (Å²) in [5.74, 6) is 0. The Morgan fingerprint density at radius 1 is 1.40 bits per heavy atom. The van der Waals surface area contributed by atoms with E-state index in [9.17, 15) is 0 Å². The van der Waals surface area contributed by atoms with Crippen molar-refractivity contribution in [3.63, 3.8) is 0 Å². The number of benzene rings is 1. The molecule has 15 heavy (non-hydrogen) atoms. The van der Waals surface area contributed by atoms with E-state index < -0.39 is 0 Å². The molecule has 0 atom stereocenters. The number of hydrogen-bond donors (Lipinski definition) is 1. The maximum Gasteiger partial charge on any atom is 0.0907 e. The Morgan fingerprint density at radius 3 is 3.07 bits per heavy atom. The molecule has 0 amide bonds. The summed E-state index contributed by atoms with van der Waals surface area (Å²) < 4.78 is 1.31. The zero-order valence-electron chi connectivity index (χ0n) is 9.21. The zero-order chi connectivity index (χ0) is 10.7. The first-order valence-corrected chi connectivity index (χ1v) is 6.12. The Kier molecular flexibility index (Phi) is 3.34. The lowest BCUT2D eigenvalue weighted by Gasteiger charge is -2.00. The Balaban J connectivity index is 2.15. The van der Waals surface area contributed by atoms with Gasteiger partial charge in [-0.3, -0.25) is 0 Å². The second-order valence-corrected chi connectivity index (χ2v) is 4.98. The van der Waals surface area contributed by atoms with Gasteiger partial charge in [0.1, 0.15) is 0 Å². The van der Waals surface area contributed by atoms with Crippen molar-refractivity contribution in [1.82, 2.24) is 10.3 Å². The fourth-order valence-electron chi connectivity index (χ4n) is 1.71. The van der Waals surface area contributed by atoms with Crippen LogP contribution in [0.25, 0.3) is 10.2 Å². The molecule has 0 aliphatic carbocycles. The molecule has 3 heteroatoms. The molecule has 1 aromatic heterocycles. The highest BCUT2D eigenvalue weighted by atomic mass is 32.1. The van der Waals surface area contributed by atoms with Crippen LogP contribution in [0, 0.1) is 6.92 Å². The van der Waals surface area contributed by atoms with Crippen LogP contribution in [-0.2, 0) is 6.42 Å². The standard InChI is InChI=1S/C12H16N2S/c1-9-14-11-6-5-10(4-3-7-13-2)8-12(11)15-9/h5-6,8,13H,3-4,7H2,1-2H3. The molecule has 0 saturated carbocycles. The van der Waals surface area contributed by atoms with Crippen LogP contribution in [0.3, 0.4) is 0 Å². The smallest absolute Gasteiger partial charge is 0.0907 e. The summed E-state index contributed by atoms with van der Waals surface area (Å²) in [6.07, 6.45) is 2.34. The third-order valence-corrected chi connectivity index (χ3v) is 3.39. The van der Waals surface area contributed by atoms with Gasteiger partial charge in [-0.2, -0.15) is 0 Å². The first-order chi connectivity index (χ1) is 7.29. The van der Waals surface area contributed by atoms with E-state index in [1.54, 1.807) is 11.3 Å². The van der Waals surface area contributed by atoms with Crippen molar-refractivity contribution in [2.24, 2.45) is 0 Å². The molecule has 0 radical (unpaired) electrons. The van der Waals surface area contributed by atoms with E-state index in [1.807, 2.05) is 7.05 Å². The maximum atomic E-state index is 4.46. The van der Waals surface area contributed by atoms with Gasteiger partial charge in [0.2, 0.25) is 0 Å². The monoisotopic (exact) mass is 220 g/mol. The van der Waals surface area contributed by atoms with Crippen molar-refractivity contribution in [1.29, 1.82) is 0 Å². The number of rotatable bonds is 4. The second kappa shape index (κ2) is 4.73. The van der Waals surface area contributed by atoms with Crippen LogP contribution in [0.2, 0.25) is 0 Å². The van der Waals surface area contributed by atoms with Crippen LogP contribution in [0.5, 0.6) is 0 Å². The molecule has 2 aromatic rings. The first-order valence-electron chi connectivity index (χ1n) is 5.30. The van der Waals surface area contributed by atoms with E-state index >= 15 is 0 Å². The molecule has 0 aliphatic rings. The summed E-state index contributed by atoms with van der Waals surface area (Å²) in [4.78, 5) is 4.46. The highest BCUT2D eigenvalue weighted by molar-refractivity contribution is 7.18. The van der Waals surface area contributed by atoms with Crippen LogP contribution in [-0.4, -0.2) is 18.6 Å². The fourth-order valence-corrected chi connectivity index (χ4v) is 2.60. The summed E-state index contributed by atoms with van der Waals surface area (Å²) in [5.41, 5.74) is 2.55. The summed E-state index contributed by atoms with van der Waals surface area (Å²) >= 11 is 1.78. The number of nitrogens with one attached hydrogen (secondary N) is 1. The van der Waals surface area contributed by atoms with Crippen molar-refractivity contribution >= 4 is 21.6 Å². The summed E-state index contributed by atoms with van der Waals surface area (Å²) in [5, 5.41) is 4.32. The molecule has 0 spiro atoms. The Bertz CT molecular complexity index is 448. The summed E-state index contributed by atoms with van der Waals surface area (Å²) in [6.45, 7) is 3.14. The topological polar surface area (TPSA) is 24.9 Å². The van der Waals surface area contributed by atoms with Crippen LogP contribution < -0.4 is 5.32 Å². The van der Waals surface area contributed by atoms with Gasteiger partial charge < -0.3 is 5.32 Å². The minimum absolute atomic E-state index is 1.08. The molecule has 2 nitrogen and oxygen atoms in total. The first kappa shape index (κ1) is 10.6. The largest absolute Gasteiger partial charge is 0.320 e. The number of thiazole rings is 1.